The van der Waals surface area contributed by atoms with Gasteiger partial charge in [-0.2, -0.15) is 0 Å². The molecule has 0 fully saturated rings. The quantitative estimate of drug-likeness (QED) is 0.846. The second kappa shape index (κ2) is 6.38. The molecule has 3 heteroatoms. The first-order valence-electron chi connectivity index (χ1n) is 6.21. The highest BCUT2D eigenvalue weighted by molar-refractivity contribution is 5.15. The highest BCUT2D eigenvalue weighted by Gasteiger charge is 2.05. The van der Waals surface area contributed by atoms with Gasteiger partial charge in [-0.1, -0.05) is 30.3 Å². The summed E-state index contributed by atoms with van der Waals surface area (Å²) in [6.45, 7) is 2.62. The largest absolute Gasteiger partial charge is 0.468 e. The average Bonchev–Trinajstić information content (AvgIpc) is 2.78. The molecule has 1 heterocycles. The third-order valence-corrected chi connectivity index (χ3v) is 2.81. The van der Waals surface area contributed by atoms with Crippen LogP contribution in [0.2, 0.25) is 0 Å². The summed E-state index contributed by atoms with van der Waals surface area (Å²) in [7, 11) is 4.04. The highest BCUT2D eigenvalue weighted by atomic mass is 16.3. The van der Waals surface area contributed by atoms with Crippen molar-refractivity contribution in [1.29, 1.82) is 0 Å². The Labute approximate surface area is 108 Å². The Hall–Kier alpha value is -1.58. The first kappa shape index (κ1) is 12.9. The Morgan fingerprint density at radius 1 is 1.11 bits per heavy atom. The van der Waals surface area contributed by atoms with Crippen LogP contribution in [0.25, 0.3) is 0 Å². The molecular formula is C15H20N2O. The summed E-state index contributed by atoms with van der Waals surface area (Å²) < 4.78 is 5.54. The van der Waals surface area contributed by atoms with Crippen molar-refractivity contribution < 1.29 is 4.42 Å². The van der Waals surface area contributed by atoms with Gasteiger partial charge in [-0.25, -0.2) is 0 Å². The lowest BCUT2D eigenvalue weighted by Crippen LogP contribution is -2.16. The molecule has 0 spiro atoms. The molecule has 0 unspecified atom stereocenters. The molecule has 0 bridgehead atoms. The van der Waals surface area contributed by atoms with Gasteiger partial charge in [0.15, 0.2) is 0 Å². The van der Waals surface area contributed by atoms with E-state index in [-0.39, 0.29) is 0 Å². The second-order valence-electron chi connectivity index (χ2n) is 4.61. The second-order valence-corrected chi connectivity index (χ2v) is 4.61. The van der Waals surface area contributed by atoms with E-state index in [4.69, 9.17) is 4.42 Å². The summed E-state index contributed by atoms with van der Waals surface area (Å²) in [5.41, 5.74) is 2.52. The van der Waals surface area contributed by atoms with Crippen molar-refractivity contribution in [2.24, 2.45) is 0 Å². The van der Waals surface area contributed by atoms with Gasteiger partial charge in [-0.15, -0.1) is 0 Å². The molecule has 0 saturated carbocycles. The standard InChI is InChI=1S/C15H20N2O/c1-16-9-14-8-15(18-12-14)11-17(2)10-13-6-4-3-5-7-13/h3-8,12,16H,9-11H2,1-2H3. The number of furan rings is 1. The van der Waals surface area contributed by atoms with E-state index < -0.39 is 0 Å². The smallest absolute Gasteiger partial charge is 0.118 e. The molecule has 0 saturated heterocycles. The molecule has 96 valence electrons. The average molecular weight is 244 g/mol. The van der Waals surface area contributed by atoms with Gasteiger partial charge >= 0.3 is 0 Å². The maximum atomic E-state index is 5.54. The zero-order valence-electron chi connectivity index (χ0n) is 11.0. The fourth-order valence-electron chi connectivity index (χ4n) is 2.02. The first-order valence-corrected chi connectivity index (χ1v) is 6.21. The summed E-state index contributed by atoms with van der Waals surface area (Å²) in [4.78, 5) is 2.25. The monoisotopic (exact) mass is 244 g/mol. The van der Waals surface area contributed by atoms with Gasteiger partial charge in [0.1, 0.15) is 5.76 Å². The van der Waals surface area contributed by atoms with Crippen molar-refractivity contribution in [3.8, 4) is 0 Å². The maximum absolute atomic E-state index is 5.54. The van der Waals surface area contributed by atoms with Crippen LogP contribution in [-0.4, -0.2) is 19.0 Å². The lowest BCUT2D eigenvalue weighted by Gasteiger charge is -2.14. The molecule has 1 N–H and O–H groups in total. The van der Waals surface area contributed by atoms with Crippen LogP contribution in [0.3, 0.4) is 0 Å². The van der Waals surface area contributed by atoms with Crippen molar-refractivity contribution >= 4 is 0 Å². The van der Waals surface area contributed by atoms with Crippen LogP contribution in [-0.2, 0) is 19.6 Å². The SMILES string of the molecule is CNCc1coc(CN(C)Cc2ccccc2)c1. The zero-order chi connectivity index (χ0) is 12.8. The van der Waals surface area contributed by atoms with Gasteiger partial charge in [-0.05, 0) is 25.7 Å². The van der Waals surface area contributed by atoms with Crippen LogP contribution in [0, 0.1) is 0 Å². The molecule has 1 aromatic carbocycles. The predicted molar refractivity (Wildman–Crippen MR) is 73.1 cm³/mol. The molecule has 0 aliphatic rings. The maximum Gasteiger partial charge on any atom is 0.118 e. The van der Waals surface area contributed by atoms with E-state index in [1.54, 1.807) is 0 Å². The van der Waals surface area contributed by atoms with Crippen LogP contribution in [0.1, 0.15) is 16.9 Å². The van der Waals surface area contributed by atoms with Crippen LogP contribution in [0.4, 0.5) is 0 Å². The van der Waals surface area contributed by atoms with Crippen molar-refractivity contribution in [1.82, 2.24) is 10.2 Å². The minimum atomic E-state index is 0.832. The van der Waals surface area contributed by atoms with E-state index in [1.807, 2.05) is 19.4 Å². The topological polar surface area (TPSA) is 28.4 Å². The van der Waals surface area contributed by atoms with E-state index in [1.165, 1.54) is 11.1 Å². The summed E-state index contributed by atoms with van der Waals surface area (Å²) in [6.07, 6.45) is 1.82. The third-order valence-electron chi connectivity index (χ3n) is 2.81. The van der Waals surface area contributed by atoms with Crippen molar-refractivity contribution in [3.63, 3.8) is 0 Å². The van der Waals surface area contributed by atoms with E-state index in [0.29, 0.717) is 0 Å². The van der Waals surface area contributed by atoms with Gasteiger partial charge in [0.2, 0.25) is 0 Å². The Morgan fingerprint density at radius 3 is 2.61 bits per heavy atom. The Kier molecular flexibility index (Phi) is 4.56. The minimum absolute atomic E-state index is 0.832. The summed E-state index contributed by atoms with van der Waals surface area (Å²) in [5.74, 6) is 1.01. The fraction of sp³-hybridized carbons (Fsp3) is 0.333. The molecule has 18 heavy (non-hydrogen) atoms. The molecule has 0 aliphatic carbocycles. The molecular weight excluding hydrogens is 224 g/mol. The van der Waals surface area contributed by atoms with Gasteiger partial charge in [0.25, 0.3) is 0 Å². The number of benzene rings is 1. The van der Waals surface area contributed by atoms with Crippen LogP contribution in [0.5, 0.6) is 0 Å². The third kappa shape index (κ3) is 3.72. The van der Waals surface area contributed by atoms with E-state index in [2.05, 4.69) is 47.6 Å². The summed E-state index contributed by atoms with van der Waals surface area (Å²) >= 11 is 0. The number of hydrogen-bond donors (Lipinski definition) is 1. The zero-order valence-corrected chi connectivity index (χ0v) is 11.0. The van der Waals surface area contributed by atoms with E-state index >= 15 is 0 Å². The molecule has 3 nitrogen and oxygen atoms in total. The number of nitrogens with one attached hydrogen (secondary N) is 1. The van der Waals surface area contributed by atoms with E-state index in [0.717, 1.165) is 25.4 Å². The minimum Gasteiger partial charge on any atom is -0.468 e. The van der Waals surface area contributed by atoms with Crippen molar-refractivity contribution in [2.45, 2.75) is 19.6 Å². The number of nitrogens with zero attached hydrogens (tertiary/aromatic N) is 1. The predicted octanol–water partition coefficient (Wildman–Crippen LogP) is 2.63. The van der Waals surface area contributed by atoms with Gasteiger partial charge in [0, 0.05) is 18.7 Å². The van der Waals surface area contributed by atoms with Crippen LogP contribution in [0.15, 0.2) is 47.1 Å². The molecule has 2 aromatic rings. The highest BCUT2D eigenvalue weighted by Crippen LogP contribution is 2.11. The van der Waals surface area contributed by atoms with Gasteiger partial charge in [-0.3, -0.25) is 4.90 Å². The molecule has 0 amide bonds. The normalized spacial score (nSPS) is 11.1. The molecule has 0 aliphatic heterocycles. The molecule has 1 aromatic heterocycles. The summed E-state index contributed by atoms with van der Waals surface area (Å²) in [6, 6.07) is 12.6. The Bertz CT molecular complexity index is 464. The summed E-state index contributed by atoms with van der Waals surface area (Å²) in [5, 5.41) is 3.12. The van der Waals surface area contributed by atoms with Crippen LogP contribution < -0.4 is 5.32 Å². The number of rotatable bonds is 6. The lowest BCUT2D eigenvalue weighted by atomic mass is 10.2. The van der Waals surface area contributed by atoms with Crippen molar-refractivity contribution in [2.75, 3.05) is 14.1 Å². The van der Waals surface area contributed by atoms with Gasteiger partial charge in [0.05, 0.1) is 12.8 Å². The van der Waals surface area contributed by atoms with E-state index in [9.17, 15) is 0 Å². The van der Waals surface area contributed by atoms with Gasteiger partial charge < -0.3 is 9.73 Å². The molecule has 0 atom stereocenters. The molecule has 0 radical (unpaired) electrons. The molecule has 2 rings (SSSR count). The lowest BCUT2D eigenvalue weighted by molar-refractivity contribution is 0.288. The Morgan fingerprint density at radius 2 is 1.89 bits per heavy atom. The number of hydrogen-bond acceptors (Lipinski definition) is 3. The fourth-order valence-corrected chi connectivity index (χ4v) is 2.02. The van der Waals surface area contributed by atoms with Crippen molar-refractivity contribution in [3.05, 3.63) is 59.5 Å². The van der Waals surface area contributed by atoms with Crippen LogP contribution >= 0.6 is 0 Å². The Balaban J connectivity index is 1.88. The first-order chi connectivity index (χ1) is 8.78.